The number of carbonyl (C=O) groups excluding carboxylic acids is 1. The van der Waals surface area contributed by atoms with Crippen LogP contribution in [-0.2, 0) is 43.8 Å². The van der Waals surface area contributed by atoms with Crippen molar-refractivity contribution in [1.82, 2.24) is 9.55 Å². The van der Waals surface area contributed by atoms with E-state index in [1.807, 2.05) is 6.92 Å². The highest BCUT2D eigenvalue weighted by atomic mass is 31.2. The van der Waals surface area contributed by atoms with Crippen LogP contribution in [0.3, 0.4) is 0 Å². The first-order chi connectivity index (χ1) is 18.6. The summed E-state index contributed by atoms with van der Waals surface area (Å²) in [7, 11) is -4.32. The average molecular weight is 555 g/mol. The van der Waals surface area contributed by atoms with Gasteiger partial charge in [-0.05, 0) is 55.5 Å². The first kappa shape index (κ1) is 26.2. The Morgan fingerprint density at radius 2 is 1.92 bits per heavy atom. The molecule has 11 heteroatoms. The summed E-state index contributed by atoms with van der Waals surface area (Å²) < 4.78 is 30.4. The van der Waals surface area contributed by atoms with E-state index in [0.29, 0.717) is 23.3 Å². The van der Waals surface area contributed by atoms with Crippen LogP contribution < -0.4 is 10.1 Å². The fourth-order valence-corrected chi connectivity index (χ4v) is 7.13. The van der Waals surface area contributed by atoms with Crippen LogP contribution in [0.1, 0.15) is 74.6 Å². The van der Waals surface area contributed by atoms with E-state index < -0.39 is 19.4 Å². The number of esters is 1. The monoisotopic (exact) mass is 554 g/mol. The lowest BCUT2D eigenvalue weighted by atomic mass is 9.86. The van der Waals surface area contributed by atoms with Gasteiger partial charge >= 0.3 is 13.8 Å². The van der Waals surface area contributed by atoms with Crippen LogP contribution in [0.25, 0.3) is 22.3 Å². The SMILES string of the molecule is CCc1c2c(nc3ccc(OP(=O)(O)OC4CCCCC4)cc13)-c1cc3c(c(=O)n1C2)COC(=O)[C@]3(O)CC. The Labute approximate surface area is 225 Å². The van der Waals surface area contributed by atoms with Crippen molar-refractivity contribution >= 4 is 24.7 Å². The topological polar surface area (TPSA) is 137 Å². The Bertz CT molecular complexity index is 1610. The van der Waals surface area contributed by atoms with E-state index >= 15 is 0 Å². The highest BCUT2D eigenvalue weighted by Gasteiger charge is 2.45. The maximum Gasteiger partial charge on any atom is 0.527 e. The number of aromatic nitrogens is 2. The number of ether oxygens (including phenoxy) is 1. The molecule has 1 aromatic carbocycles. The van der Waals surface area contributed by atoms with Crippen molar-refractivity contribution < 1.29 is 33.1 Å². The smallest absolute Gasteiger partial charge is 0.458 e. The first-order valence-corrected chi connectivity index (χ1v) is 15.0. The summed E-state index contributed by atoms with van der Waals surface area (Å²) in [5, 5.41) is 11.8. The van der Waals surface area contributed by atoms with Gasteiger partial charge in [0, 0.05) is 16.5 Å². The molecule has 4 heterocycles. The summed E-state index contributed by atoms with van der Waals surface area (Å²) in [5.74, 6) is -0.561. The predicted octanol–water partition coefficient (Wildman–Crippen LogP) is 4.47. The molecular weight excluding hydrogens is 523 g/mol. The van der Waals surface area contributed by atoms with Gasteiger partial charge in [0.2, 0.25) is 0 Å². The Morgan fingerprint density at radius 1 is 1.15 bits per heavy atom. The molecule has 3 aliphatic rings. The molecule has 1 fully saturated rings. The minimum absolute atomic E-state index is 0.0713. The molecule has 0 amide bonds. The van der Waals surface area contributed by atoms with E-state index in [0.717, 1.165) is 48.6 Å². The third-order valence-electron chi connectivity index (χ3n) is 8.19. The fourth-order valence-electron chi connectivity index (χ4n) is 6.12. The standard InChI is InChI=1S/C28H31N2O8P/c1-3-18-19-12-17(38-39(34,35)37-16-8-6-5-7-9-16)10-11-23(19)29-25-20(18)14-30-24(25)13-22-21(26(30)31)15-36-27(32)28(22,33)4-2/h10-13,16,33H,3-9,14-15H2,1-2H3,(H,34,35)/t28-/m0/s1. The largest absolute Gasteiger partial charge is 0.527 e. The quantitative estimate of drug-likeness (QED) is 0.261. The highest BCUT2D eigenvalue weighted by Crippen LogP contribution is 2.48. The third-order valence-corrected chi connectivity index (χ3v) is 9.19. The van der Waals surface area contributed by atoms with Crippen molar-refractivity contribution in [3.05, 3.63) is 56.9 Å². The number of aryl methyl sites for hydroxylation is 1. The summed E-state index contributed by atoms with van der Waals surface area (Å²) >= 11 is 0. The van der Waals surface area contributed by atoms with Crippen molar-refractivity contribution in [1.29, 1.82) is 0 Å². The number of phosphoric acid groups is 1. The number of phosphoric ester groups is 1. The van der Waals surface area contributed by atoms with Gasteiger partial charge in [-0.25, -0.2) is 14.3 Å². The van der Waals surface area contributed by atoms with Crippen LogP contribution in [-0.4, -0.2) is 31.6 Å². The molecule has 39 heavy (non-hydrogen) atoms. The second kappa shape index (κ2) is 9.55. The van der Waals surface area contributed by atoms with Crippen LogP contribution in [0.2, 0.25) is 0 Å². The Hall–Kier alpha value is -3.04. The van der Waals surface area contributed by atoms with Crippen molar-refractivity contribution in [2.75, 3.05) is 0 Å². The van der Waals surface area contributed by atoms with Gasteiger partial charge in [-0.3, -0.25) is 14.2 Å². The number of pyridine rings is 2. The van der Waals surface area contributed by atoms with Crippen molar-refractivity contribution in [2.24, 2.45) is 0 Å². The lowest BCUT2D eigenvalue weighted by molar-refractivity contribution is -0.172. The van der Waals surface area contributed by atoms with Gasteiger partial charge in [0.15, 0.2) is 5.60 Å². The molecule has 2 aliphatic heterocycles. The number of carbonyl (C=O) groups is 1. The van der Waals surface area contributed by atoms with E-state index in [2.05, 4.69) is 0 Å². The molecule has 1 aliphatic carbocycles. The Balaban J connectivity index is 1.41. The molecule has 2 aromatic heterocycles. The van der Waals surface area contributed by atoms with Gasteiger partial charge in [0.1, 0.15) is 12.4 Å². The molecule has 1 unspecified atom stereocenters. The maximum absolute atomic E-state index is 13.5. The number of rotatable bonds is 6. The molecule has 10 nitrogen and oxygen atoms in total. The lowest BCUT2D eigenvalue weighted by Gasteiger charge is -2.31. The molecule has 0 radical (unpaired) electrons. The van der Waals surface area contributed by atoms with Crippen LogP contribution in [0.15, 0.2) is 29.1 Å². The number of aliphatic hydroxyl groups is 1. The molecule has 206 valence electrons. The number of cyclic esters (lactones) is 1. The normalized spacial score (nSPS) is 22.1. The minimum Gasteiger partial charge on any atom is -0.458 e. The predicted molar refractivity (Wildman–Crippen MR) is 142 cm³/mol. The Morgan fingerprint density at radius 3 is 2.64 bits per heavy atom. The number of hydrogen-bond donors (Lipinski definition) is 2. The second-order valence-corrected chi connectivity index (χ2v) is 11.8. The minimum atomic E-state index is -4.32. The zero-order chi connectivity index (χ0) is 27.5. The van der Waals surface area contributed by atoms with Gasteiger partial charge in [-0.2, -0.15) is 0 Å². The van der Waals surface area contributed by atoms with Gasteiger partial charge in [0.05, 0.1) is 35.1 Å². The van der Waals surface area contributed by atoms with E-state index in [1.165, 1.54) is 0 Å². The summed E-state index contributed by atoms with van der Waals surface area (Å²) in [5.41, 5.74) is 1.88. The number of fused-ring (bicyclic) bond motifs is 5. The van der Waals surface area contributed by atoms with Crippen LogP contribution in [0.4, 0.5) is 0 Å². The molecular formula is C28H31N2O8P. The van der Waals surface area contributed by atoms with Crippen LogP contribution in [0.5, 0.6) is 5.75 Å². The molecule has 6 rings (SSSR count). The summed E-state index contributed by atoms with van der Waals surface area (Å²) in [6, 6.07) is 6.67. The van der Waals surface area contributed by atoms with E-state index in [4.69, 9.17) is 18.8 Å². The summed E-state index contributed by atoms with van der Waals surface area (Å²) in [6.07, 6.45) is 4.90. The third kappa shape index (κ3) is 4.30. The Kier molecular flexibility index (Phi) is 6.42. The number of benzene rings is 1. The molecule has 0 bridgehead atoms. The highest BCUT2D eigenvalue weighted by molar-refractivity contribution is 7.47. The molecule has 1 saturated carbocycles. The molecule has 3 aromatic rings. The summed E-state index contributed by atoms with van der Waals surface area (Å²) in [6.45, 7) is 3.74. The zero-order valence-electron chi connectivity index (χ0n) is 21.9. The fraction of sp³-hybridized carbons (Fsp3) is 0.464. The summed E-state index contributed by atoms with van der Waals surface area (Å²) in [4.78, 5) is 41.2. The van der Waals surface area contributed by atoms with Crippen molar-refractivity contribution in [2.45, 2.75) is 83.6 Å². The average Bonchev–Trinajstić information content (AvgIpc) is 3.28. The van der Waals surface area contributed by atoms with Gasteiger partial charge in [-0.15, -0.1) is 0 Å². The number of nitrogens with zero attached hydrogens (tertiary/aromatic N) is 2. The number of hydrogen-bond acceptors (Lipinski definition) is 8. The van der Waals surface area contributed by atoms with Gasteiger partial charge in [0.25, 0.3) is 5.56 Å². The van der Waals surface area contributed by atoms with Crippen molar-refractivity contribution in [3.63, 3.8) is 0 Å². The molecule has 2 N–H and O–H groups in total. The molecule has 0 spiro atoms. The van der Waals surface area contributed by atoms with Crippen LogP contribution in [0, 0.1) is 0 Å². The first-order valence-electron chi connectivity index (χ1n) is 13.5. The molecule has 2 atom stereocenters. The maximum atomic E-state index is 13.5. The van der Waals surface area contributed by atoms with E-state index in [1.54, 1.807) is 35.8 Å². The van der Waals surface area contributed by atoms with Gasteiger partial charge < -0.3 is 18.9 Å². The zero-order valence-corrected chi connectivity index (χ0v) is 22.8. The molecule has 0 saturated heterocycles. The van der Waals surface area contributed by atoms with E-state index in [-0.39, 0.29) is 48.1 Å². The van der Waals surface area contributed by atoms with E-state index in [9.17, 15) is 24.2 Å². The van der Waals surface area contributed by atoms with Crippen molar-refractivity contribution in [3.8, 4) is 17.1 Å². The lowest BCUT2D eigenvalue weighted by Crippen LogP contribution is -2.44. The van der Waals surface area contributed by atoms with Gasteiger partial charge in [-0.1, -0.05) is 33.1 Å². The van der Waals surface area contributed by atoms with Crippen LogP contribution >= 0.6 is 7.82 Å². The second-order valence-electron chi connectivity index (χ2n) is 10.5.